The van der Waals surface area contributed by atoms with Crippen molar-refractivity contribution in [2.45, 2.75) is 38.0 Å². The smallest absolute Gasteiger partial charge is 0.118 e. The lowest BCUT2D eigenvalue weighted by atomic mass is 9.86. The molecule has 1 aliphatic heterocycles. The van der Waals surface area contributed by atoms with Gasteiger partial charge in [-0.2, -0.15) is 0 Å². The first-order valence-electron chi connectivity index (χ1n) is 8.18. The molecule has 1 N–H and O–H groups in total. The van der Waals surface area contributed by atoms with Crippen molar-refractivity contribution in [2.75, 3.05) is 20.2 Å². The predicted molar refractivity (Wildman–Crippen MR) is 89.4 cm³/mol. The standard InChI is InChI=1S/C18H25N3O2/c1-18(22,15-5-7-16(23-2)8-6-15)17-4-3-10-21(17)13-12-20-11-9-19-14-20/h5-9,11,14,17,22H,3-4,10,12-13H2,1-2H3/t17-,18-/m0/s1. The van der Waals surface area contributed by atoms with E-state index in [1.165, 1.54) is 0 Å². The quantitative estimate of drug-likeness (QED) is 0.888. The summed E-state index contributed by atoms with van der Waals surface area (Å²) in [4.78, 5) is 6.48. The normalized spacial score (nSPS) is 21.3. The van der Waals surface area contributed by atoms with Crippen LogP contribution in [0.15, 0.2) is 43.0 Å². The average molecular weight is 315 g/mol. The lowest BCUT2D eigenvalue weighted by Crippen LogP contribution is -2.46. The van der Waals surface area contributed by atoms with Gasteiger partial charge in [0, 0.05) is 31.5 Å². The van der Waals surface area contributed by atoms with Crippen LogP contribution in [0.25, 0.3) is 0 Å². The summed E-state index contributed by atoms with van der Waals surface area (Å²) in [5, 5.41) is 11.2. The highest BCUT2D eigenvalue weighted by Crippen LogP contribution is 2.35. The Bertz CT molecular complexity index is 608. The minimum absolute atomic E-state index is 0.138. The van der Waals surface area contributed by atoms with Gasteiger partial charge in [-0.15, -0.1) is 0 Å². The third-order valence-electron chi connectivity index (χ3n) is 4.89. The highest BCUT2D eigenvalue weighted by Gasteiger charge is 2.40. The number of nitrogens with zero attached hydrogens (tertiary/aromatic N) is 3. The molecule has 1 aliphatic rings. The van der Waals surface area contributed by atoms with E-state index in [-0.39, 0.29) is 6.04 Å². The number of aromatic nitrogens is 2. The van der Waals surface area contributed by atoms with Crippen LogP contribution >= 0.6 is 0 Å². The Morgan fingerprint density at radius 3 is 2.74 bits per heavy atom. The molecule has 1 aromatic heterocycles. The number of ether oxygens (including phenoxy) is 1. The molecule has 124 valence electrons. The number of benzene rings is 1. The first kappa shape index (κ1) is 16.0. The summed E-state index contributed by atoms with van der Waals surface area (Å²) >= 11 is 0. The second kappa shape index (κ2) is 6.72. The monoisotopic (exact) mass is 315 g/mol. The molecular formula is C18H25N3O2. The van der Waals surface area contributed by atoms with E-state index in [0.29, 0.717) is 0 Å². The maximum Gasteiger partial charge on any atom is 0.118 e. The van der Waals surface area contributed by atoms with E-state index in [9.17, 15) is 5.11 Å². The van der Waals surface area contributed by atoms with Crippen LogP contribution in [0.3, 0.4) is 0 Å². The van der Waals surface area contributed by atoms with Gasteiger partial charge in [0.15, 0.2) is 0 Å². The molecule has 0 bridgehead atoms. The van der Waals surface area contributed by atoms with Gasteiger partial charge in [-0.05, 0) is 44.0 Å². The number of methoxy groups -OCH3 is 1. The first-order chi connectivity index (χ1) is 11.1. The van der Waals surface area contributed by atoms with Gasteiger partial charge in [-0.3, -0.25) is 4.90 Å². The first-order valence-corrected chi connectivity index (χ1v) is 8.18. The van der Waals surface area contributed by atoms with Gasteiger partial charge in [0.25, 0.3) is 0 Å². The molecule has 1 saturated heterocycles. The fourth-order valence-corrected chi connectivity index (χ4v) is 3.51. The van der Waals surface area contributed by atoms with Crippen molar-refractivity contribution in [3.8, 4) is 5.75 Å². The van der Waals surface area contributed by atoms with Crippen molar-refractivity contribution in [3.05, 3.63) is 48.5 Å². The topological polar surface area (TPSA) is 50.5 Å². The van der Waals surface area contributed by atoms with Crippen molar-refractivity contribution in [1.29, 1.82) is 0 Å². The third kappa shape index (κ3) is 3.41. The molecule has 0 saturated carbocycles. The molecule has 1 fully saturated rings. The Morgan fingerprint density at radius 1 is 1.30 bits per heavy atom. The minimum Gasteiger partial charge on any atom is -0.497 e. The minimum atomic E-state index is -0.863. The van der Waals surface area contributed by atoms with Gasteiger partial charge in [0.2, 0.25) is 0 Å². The van der Waals surface area contributed by atoms with Gasteiger partial charge >= 0.3 is 0 Å². The fourth-order valence-electron chi connectivity index (χ4n) is 3.51. The van der Waals surface area contributed by atoms with Gasteiger partial charge in [0.05, 0.1) is 13.4 Å². The van der Waals surface area contributed by atoms with Crippen LogP contribution in [0.4, 0.5) is 0 Å². The maximum absolute atomic E-state index is 11.2. The lowest BCUT2D eigenvalue weighted by molar-refractivity contribution is -0.0237. The number of hydrogen-bond acceptors (Lipinski definition) is 4. The van der Waals surface area contributed by atoms with Crippen molar-refractivity contribution in [2.24, 2.45) is 0 Å². The molecule has 2 heterocycles. The summed E-state index contributed by atoms with van der Waals surface area (Å²) in [5.41, 5.74) is 0.0791. The fraction of sp³-hybridized carbons (Fsp3) is 0.500. The molecule has 3 rings (SSSR count). The van der Waals surface area contributed by atoms with Gasteiger partial charge < -0.3 is 14.4 Å². The van der Waals surface area contributed by atoms with E-state index in [1.54, 1.807) is 13.3 Å². The van der Waals surface area contributed by atoms with Crippen LogP contribution in [-0.2, 0) is 12.1 Å². The van der Waals surface area contributed by atoms with Crippen LogP contribution in [0, 0.1) is 0 Å². The van der Waals surface area contributed by atoms with Crippen molar-refractivity contribution >= 4 is 0 Å². The van der Waals surface area contributed by atoms with E-state index in [4.69, 9.17) is 4.74 Å². The Labute approximate surface area is 137 Å². The summed E-state index contributed by atoms with van der Waals surface area (Å²) in [5.74, 6) is 0.813. The van der Waals surface area contributed by atoms with Crippen molar-refractivity contribution in [3.63, 3.8) is 0 Å². The summed E-state index contributed by atoms with van der Waals surface area (Å²) in [6.45, 7) is 4.78. The summed E-state index contributed by atoms with van der Waals surface area (Å²) in [6.07, 6.45) is 7.76. The Kier molecular flexibility index (Phi) is 4.68. The molecule has 2 atom stereocenters. The summed E-state index contributed by atoms with van der Waals surface area (Å²) in [6, 6.07) is 7.89. The summed E-state index contributed by atoms with van der Waals surface area (Å²) in [7, 11) is 1.65. The molecular weight excluding hydrogens is 290 g/mol. The van der Waals surface area contributed by atoms with Crippen molar-refractivity contribution < 1.29 is 9.84 Å². The van der Waals surface area contributed by atoms with E-state index >= 15 is 0 Å². The molecule has 0 aliphatic carbocycles. The second-order valence-corrected chi connectivity index (χ2v) is 6.37. The molecule has 0 radical (unpaired) electrons. The van der Waals surface area contributed by atoms with Gasteiger partial charge in [0.1, 0.15) is 11.4 Å². The zero-order valence-corrected chi connectivity index (χ0v) is 13.9. The molecule has 1 aromatic carbocycles. The molecule has 23 heavy (non-hydrogen) atoms. The predicted octanol–water partition coefficient (Wildman–Crippen LogP) is 2.26. The molecule has 0 spiro atoms. The Morgan fingerprint density at radius 2 is 2.09 bits per heavy atom. The lowest BCUT2D eigenvalue weighted by Gasteiger charge is -2.37. The number of hydrogen-bond donors (Lipinski definition) is 1. The second-order valence-electron chi connectivity index (χ2n) is 6.37. The molecule has 0 unspecified atom stereocenters. The van der Waals surface area contributed by atoms with Crippen LogP contribution in [-0.4, -0.2) is 45.8 Å². The molecule has 5 heteroatoms. The highest BCUT2D eigenvalue weighted by molar-refractivity contribution is 5.31. The zero-order chi connectivity index (χ0) is 16.3. The Balaban J connectivity index is 1.71. The van der Waals surface area contributed by atoms with Gasteiger partial charge in [-0.1, -0.05) is 12.1 Å². The number of rotatable bonds is 6. The average Bonchev–Trinajstić information content (AvgIpc) is 3.24. The van der Waals surface area contributed by atoms with E-state index in [2.05, 4.69) is 14.5 Å². The third-order valence-corrected chi connectivity index (χ3v) is 4.89. The largest absolute Gasteiger partial charge is 0.497 e. The number of aliphatic hydroxyl groups is 1. The maximum atomic E-state index is 11.2. The van der Waals surface area contributed by atoms with E-state index in [0.717, 1.165) is 43.8 Å². The van der Waals surface area contributed by atoms with Crippen LogP contribution in [0.2, 0.25) is 0 Å². The number of likely N-dealkylation sites (tertiary alicyclic amines) is 1. The van der Waals surface area contributed by atoms with Gasteiger partial charge in [-0.25, -0.2) is 4.98 Å². The SMILES string of the molecule is COc1ccc([C@](C)(O)[C@@H]2CCCN2CCn2ccnc2)cc1. The number of imidazole rings is 1. The molecule has 2 aromatic rings. The Hall–Kier alpha value is -1.85. The van der Waals surface area contributed by atoms with Crippen LogP contribution in [0.1, 0.15) is 25.3 Å². The van der Waals surface area contributed by atoms with Crippen molar-refractivity contribution in [1.82, 2.24) is 14.5 Å². The van der Waals surface area contributed by atoms with Crippen LogP contribution < -0.4 is 4.74 Å². The highest BCUT2D eigenvalue weighted by atomic mass is 16.5. The zero-order valence-electron chi connectivity index (χ0n) is 13.9. The molecule has 0 amide bonds. The van der Waals surface area contributed by atoms with E-state index < -0.39 is 5.60 Å². The van der Waals surface area contributed by atoms with E-state index in [1.807, 2.05) is 43.7 Å². The molecule has 5 nitrogen and oxygen atoms in total. The van der Waals surface area contributed by atoms with Crippen LogP contribution in [0.5, 0.6) is 5.75 Å². The summed E-state index contributed by atoms with van der Waals surface area (Å²) < 4.78 is 7.29.